The lowest BCUT2D eigenvalue weighted by Crippen LogP contribution is -2.56. The van der Waals surface area contributed by atoms with E-state index in [0.717, 1.165) is 19.3 Å². The molecule has 2 atom stereocenters. The summed E-state index contributed by atoms with van der Waals surface area (Å²) in [4.78, 5) is 82.9. The Morgan fingerprint density at radius 3 is 2.29 bits per heavy atom. The summed E-state index contributed by atoms with van der Waals surface area (Å²) < 4.78 is 12.5. The van der Waals surface area contributed by atoms with E-state index in [0.29, 0.717) is 25.1 Å². The van der Waals surface area contributed by atoms with Crippen LogP contribution in [-0.2, 0) is 23.9 Å². The minimum atomic E-state index is -1.01. The maximum atomic E-state index is 13.8. The summed E-state index contributed by atoms with van der Waals surface area (Å²) in [5.74, 6) is -1.82. The molecule has 5 rings (SSSR count). The molecular weight excluding hydrogens is 672 g/mol. The number of ether oxygens (including phenoxy) is 2. The molecule has 3 heterocycles. The van der Waals surface area contributed by atoms with Gasteiger partial charge in [-0.25, -0.2) is 9.48 Å². The molecule has 2 saturated heterocycles. The molecule has 1 aromatic carbocycles. The van der Waals surface area contributed by atoms with Gasteiger partial charge in [-0.15, -0.1) is 0 Å². The van der Waals surface area contributed by atoms with Gasteiger partial charge in [0.1, 0.15) is 12.1 Å². The Kier molecular flexibility index (Phi) is 13.1. The number of carbonyl (C=O) groups excluding carboxylic acids is 6. The Morgan fingerprint density at radius 1 is 0.923 bits per heavy atom. The molecule has 6 amide bonds. The number of nitrogens with one attached hydrogen (secondary N) is 3. The van der Waals surface area contributed by atoms with Gasteiger partial charge >= 0.3 is 6.09 Å². The normalized spacial score (nSPS) is 18.0. The summed E-state index contributed by atoms with van der Waals surface area (Å²) in [6.07, 6.45) is 3.95. The van der Waals surface area contributed by atoms with Crippen LogP contribution in [-0.4, -0.2) is 131 Å². The first-order chi connectivity index (χ1) is 25.0. The number of benzene rings is 1. The predicted molar refractivity (Wildman–Crippen MR) is 188 cm³/mol. The van der Waals surface area contributed by atoms with E-state index in [2.05, 4.69) is 21.0 Å². The maximum absolute atomic E-state index is 13.8. The average molecular weight is 723 g/mol. The van der Waals surface area contributed by atoms with Crippen molar-refractivity contribution < 1.29 is 38.2 Å². The first-order valence-corrected chi connectivity index (χ1v) is 18.2. The van der Waals surface area contributed by atoms with Crippen LogP contribution in [0, 0.1) is 5.92 Å². The molecular formula is C36H50N8O8. The number of hydrogen-bond acceptors (Lipinski definition) is 9. The molecule has 1 aliphatic carbocycles. The number of piperazine rings is 1. The van der Waals surface area contributed by atoms with Crippen molar-refractivity contribution in [2.75, 3.05) is 52.5 Å². The van der Waals surface area contributed by atoms with Crippen LogP contribution in [0.1, 0.15) is 69.8 Å². The van der Waals surface area contributed by atoms with Gasteiger partial charge in [0.05, 0.1) is 12.3 Å². The fourth-order valence-corrected chi connectivity index (χ4v) is 6.32. The topological polar surface area (TPSA) is 185 Å². The first-order valence-electron chi connectivity index (χ1n) is 18.2. The second-order valence-corrected chi connectivity index (χ2v) is 13.6. The smallest absolute Gasteiger partial charge is 0.409 e. The third kappa shape index (κ3) is 9.59. The van der Waals surface area contributed by atoms with E-state index >= 15 is 0 Å². The minimum Gasteiger partial charge on any atom is -0.467 e. The lowest BCUT2D eigenvalue weighted by molar-refractivity contribution is -0.140. The zero-order valence-electron chi connectivity index (χ0n) is 30.2. The van der Waals surface area contributed by atoms with Crippen LogP contribution >= 0.6 is 0 Å². The van der Waals surface area contributed by atoms with Gasteiger partial charge < -0.3 is 40.1 Å². The first kappa shape index (κ1) is 38.1. The maximum Gasteiger partial charge on any atom is 0.409 e. The molecule has 3 aliphatic rings. The number of likely N-dealkylation sites (tertiary alicyclic amines) is 1. The SMILES string of the molecule is CCOC(=O)N1CCN(C(=O)C(CCNC(=O)C(C)C)NC(=O)c2cc(OCC(=O)N3CCCC3C(=O)NC3CCC3)n(-c3ccccc3)n2)CC1. The molecule has 0 radical (unpaired) electrons. The summed E-state index contributed by atoms with van der Waals surface area (Å²) >= 11 is 0. The predicted octanol–water partition coefficient (Wildman–Crippen LogP) is 1.47. The van der Waals surface area contributed by atoms with Crippen molar-refractivity contribution in [2.24, 2.45) is 5.92 Å². The van der Waals surface area contributed by atoms with Crippen LogP contribution in [0.25, 0.3) is 5.69 Å². The lowest BCUT2D eigenvalue weighted by atomic mass is 9.93. The highest BCUT2D eigenvalue weighted by molar-refractivity contribution is 5.96. The van der Waals surface area contributed by atoms with Gasteiger partial charge in [0.15, 0.2) is 12.3 Å². The summed E-state index contributed by atoms with van der Waals surface area (Å²) in [5.41, 5.74) is 0.521. The molecule has 3 fully saturated rings. The number of hydrogen-bond donors (Lipinski definition) is 3. The van der Waals surface area contributed by atoms with E-state index in [1.807, 2.05) is 6.07 Å². The third-order valence-electron chi connectivity index (χ3n) is 9.56. The second-order valence-electron chi connectivity index (χ2n) is 13.6. The molecule has 2 unspecified atom stereocenters. The van der Waals surface area contributed by atoms with Gasteiger partial charge in [-0.1, -0.05) is 32.0 Å². The molecule has 1 aromatic heterocycles. The van der Waals surface area contributed by atoms with Crippen molar-refractivity contribution in [1.29, 1.82) is 0 Å². The van der Waals surface area contributed by atoms with Crippen LogP contribution in [0.4, 0.5) is 4.79 Å². The lowest BCUT2D eigenvalue weighted by Gasteiger charge is -2.36. The van der Waals surface area contributed by atoms with Gasteiger partial charge in [-0.2, -0.15) is 5.10 Å². The molecule has 16 nitrogen and oxygen atoms in total. The van der Waals surface area contributed by atoms with Crippen molar-refractivity contribution in [3.63, 3.8) is 0 Å². The molecule has 1 saturated carbocycles. The van der Waals surface area contributed by atoms with Crippen molar-refractivity contribution in [2.45, 2.75) is 77.4 Å². The number of nitrogens with zero attached hydrogens (tertiary/aromatic N) is 5. The van der Waals surface area contributed by atoms with Gasteiger partial charge in [0.25, 0.3) is 11.8 Å². The number of aromatic nitrogens is 2. The van der Waals surface area contributed by atoms with E-state index in [1.165, 1.54) is 15.6 Å². The molecule has 52 heavy (non-hydrogen) atoms. The van der Waals surface area contributed by atoms with E-state index in [4.69, 9.17) is 9.47 Å². The van der Waals surface area contributed by atoms with Crippen LogP contribution in [0.2, 0.25) is 0 Å². The highest BCUT2D eigenvalue weighted by atomic mass is 16.6. The van der Waals surface area contributed by atoms with Crippen molar-refractivity contribution in [1.82, 2.24) is 40.4 Å². The largest absolute Gasteiger partial charge is 0.467 e. The minimum absolute atomic E-state index is 0.0543. The summed E-state index contributed by atoms with van der Waals surface area (Å²) in [6, 6.07) is 8.96. The Labute approximate surface area is 303 Å². The number of carbonyl (C=O) groups is 6. The average Bonchev–Trinajstić information content (AvgIpc) is 3.80. The van der Waals surface area contributed by atoms with E-state index in [-0.39, 0.29) is 99.5 Å². The quantitative estimate of drug-likeness (QED) is 0.260. The van der Waals surface area contributed by atoms with Gasteiger partial charge in [-0.05, 0) is 57.6 Å². The highest BCUT2D eigenvalue weighted by Gasteiger charge is 2.36. The number of amides is 6. The number of rotatable bonds is 14. The van der Waals surface area contributed by atoms with Gasteiger partial charge in [0, 0.05) is 57.3 Å². The Hall–Kier alpha value is -5.15. The van der Waals surface area contributed by atoms with E-state index in [9.17, 15) is 28.8 Å². The van der Waals surface area contributed by atoms with Crippen LogP contribution in [0.5, 0.6) is 5.88 Å². The van der Waals surface area contributed by atoms with Crippen LogP contribution < -0.4 is 20.7 Å². The standard InChI is InChI=1S/C36H50N8O8/c1-4-51-36(50)42-20-18-41(19-21-42)35(49)27(15-16-37-32(46)24(2)3)39-33(47)28-22-31(44(40-28)26-12-6-5-7-13-26)52-23-30(45)43-17-9-14-29(43)34(48)38-25-10-8-11-25/h5-7,12-13,22,24-25,27,29H,4,8-11,14-21,23H2,1-3H3,(H,37,46)(H,38,48)(H,39,47). The zero-order valence-corrected chi connectivity index (χ0v) is 30.2. The Morgan fingerprint density at radius 2 is 1.63 bits per heavy atom. The van der Waals surface area contributed by atoms with Gasteiger partial charge in [0.2, 0.25) is 23.6 Å². The third-order valence-corrected chi connectivity index (χ3v) is 9.56. The Bertz CT molecular complexity index is 1590. The Balaban J connectivity index is 1.28. The second kappa shape index (κ2) is 17.9. The van der Waals surface area contributed by atoms with Crippen molar-refractivity contribution in [3.05, 3.63) is 42.1 Å². The summed E-state index contributed by atoms with van der Waals surface area (Å²) in [7, 11) is 0. The monoisotopic (exact) mass is 722 g/mol. The van der Waals surface area contributed by atoms with Crippen LogP contribution in [0.3, 0.4) is 0 Å². The summed E-state index contributed by atoms with van der Waals surface area (Å²) in [6.45, 7) is 6.75. The molecule has 2 aromatic rings. The molecule has 282 valence electrons. The molecule has 16 heteroatoms. The summed E-state index contributed by atoms with van der Waals surface area (Å²) in [5, 5.41) is 13.1. The zero-order chi connectivity index (χ0) is 37.2. The van der Waals surface area contributed by atoms with Crippen LogP contribution in [0.15, 0.2) is 36.4 Å². The molecule has 3 N–H and O–H groups in total. The van der Waals surface area contributed by atoms with Gasteiger partial charge in [-0.3, -0.25) is 24.0 Å². The van der Waals surface area contributed by atoms with E-state index < -0.39 is 24.1 Å². The molecule has 2 aliphatic heterocycles. The van der Waals surface area contributed by atoms with Crippen molar-refractivity contribution >= 4 is 35.6 Å². The fraction of sp³-hybridized carbons (Fsp3) is 0.583. The van der Waals surface area contributed by atoms with Crippen molar-refractivity contribution in [3.8, 4) is 11.6 Å². The highest BCUT2D eigenvalue weighted by Crippen LogP contribution is 2.24. The molecule has 0 bridgehead atoms. The number of para-hydroxylation sites is 1. The fourth-order valence-electron chi connectivity index (χ4n) is 6.32. The molecule has 0 spiro atoms. The van der Waals surface area contributed by atoms with E-state index in [1.54, 1.807) is 54.8 Å².